The molecule has 0 bridgehead atoms. The molecule has 0 N–H and O–H groups in total. The second kappa shape index (κ2) is 11.5. The fourth-order valence-electron chi connectivity index (χ4n) is 2.70. The Morgan fingerprint density at radius 1 is 0.905 bits per heavy atom. The summed E-state index contributed by atoms with van der Waals surface area (Å²) in [6.07, 6.45) is 19.0. The van der Waals surface area contributed by atoms with Crippen LogP contribution in [0.2, 0.25) is 0 Å². The quantitative estimate of drug-likeness (QED) is 0.293. The lowest BCUT2D eigenvalue weighted by atomic mass is 9.93. The Morgan fingerprint density at radius 3 is 2.29 bits per heavy atom. The van der Waals surface area contributed by atoms with Crippen molar-refractivity contribution in [3.63, 3.8) is 0 Å². The number of rotatable bonds is 11. The molecule has 0 aliphatic heterocycles. The molecule has 0 atom stereocenters. The van der Waals surface area contributed by atoms with E-state index in [2.05, 4.69) is 19.1 Å². The molecule has 0 radical (unpaired) electrons. The molecule has 0 fully saturated rings. The number of Topliss-reactive ketones (excluding diaryl/α,β-unsaturated/α-hetero) is 1. The van der Waals surface area contributed by atoms with Crippen molar-refractivity contribution in [2.45, 2.75) is 84.0 Å². The molecule has 2 nitrogen and oxygen atoms in total. The van der Waals surface area contributed by atoms with E-state index < -0.39 is 0 Å². The molecule has 0 saturated heterocycles. The van der Waals surface area contributed by atoms with Crippen LogP contribution in [0.3, 0.4) is 0 Å². The summed E-state index contributed by atoms with van der Waals surface area (Å²) in [4.78, 5) is 22.6. The van der Waals surface area contributed by atoms with Gasteiger partial charge in [-0.2, -0.15) is 0 Å². The minimum absolute atomic E-state index is 0.00360. The van der Waals surface area contributed by atoms with Crippen LogP contribution in [-0.4, -0.2) is 11.6 Å². The second-order valence-corrected chi connectivity index (χ2v) is 6.08. The zero-order valence-corrected chi connectivity index (χ0v) is 13.5. The summed E-state index contributed by atoms with van der Waals surface area (Å²) >= 11 is 0. The molecule has 0 aromatic rings. The molecule has 0 unspecified atom stereocenters. The molecular formula is C19H30O2. The number of unbranched alkanes of at least 4 members (excludes halogenated alkanes) is 7. The topological polar surface area (TPSA) is 34.1 Å². The van der Waals surface area contributed by atoms with Crippen molar-refractivity contribution in [2.24, 2.45) is 0 Å². The van der Waals surface area contributed by atoms with E-state index >= 15 is 0 Å². The highest BCUT2D eigenvalue weighted by Crippen LogP contribution is 2.19. The molecule has 2 heteroatoms. The van der Waals surface area contributed by atoms with Gasteiger partial charge in [0.2, 0.25) is 0 Å². The first kappa shape index (κ1) is 17.9. The first-order valence-corrected chi connectivity index (χ1v) is 8.61. The van der Waals surface area contributed by atoms with Crippen molar-refractivity contribution >= 4 is 11.6 Å². The number of ketones is 2. The predicted molar refractivity (Wildman–Crippen MR) is 88.3 cm³/mol. The molecule has 1 aliphatic rings. The molecule has 1 aliphatic carbocycles. The summed E-state index contributed by atoms with van der Waals surface area (Å²) in [7, 11) is 0. The van der Waals surface area contributed by atoms with Gasteiger partial charge in [-0.05, 0) is 38.2 Å². The monoisotopic (exact) mass is 290 g/mol. The maximum absolute atomic E-state index is 11.3. The minimum Gasteiger partial charge on any atom is -0.299 e. The molecule has 0 heterocycles. The third-order valence-electron chi connectivity index (χ3n) is 3.92. The molecule has 0 saturated carbocycles. The molecule has 0 spiro atoms. The van der Waals surface area contributed by atoms with Gasteiger partial charge in [-0.25, -0.2) is 0 Å². The lowest BCUT2D eigenvalue weighted by Gasteiger charge is -2.10. The average molecular weight is 290 g/mol. The fourth-order valence-corrected chi connectivity index (χ4v) is 2.70. The van der Waals surface area contributed by atoms with Crippen LogP contribution in [0.4, 0.5) is 0 Å². The lowest BCUT2D eigenvalue weighted by molar-refractivity contribution is -0.125. The van der Waals surface area contributed by atoms with E-state index in [1.54, 1.807) is 6.08 Å². The first-order chi connectivity index (χ1) is 10.2. The average Bonchev–Trinajstić information content (AvgIpc) is 2.44. The van der Waals surface area contributed by atoms with Gasteiger partial charge in [-0.15, -0.1) is 0 Å². The van der Waals surface area contributed by atoms with Crippen LogP contribution < -0.4 is 0 Å². The van der Waals surface area contributed by atoms with Crippen molar-refractivity contribution in [3.05, 3.63) is 23.8 Å². The smallest absolute Gasteiger partial charge is 0.163 e. The molecule has 21 heavy (non-hydrogen) atoms. The van der Waals surface area contributed by atoms with Gasteiger partial charge in [0.05, 0.1) is 6.42 Å². The van der Waals surface area contributed by atoms with Crippen LogP contribution >= 0.6 is 0 Å². The van der Waals surface area contributed by atoms with Gasteiger partial charge in [0.25, 0.3) is 0 Å². The molecule has 1 rings (SSSR count). The second-order valence-electron chi connectivity index (χ2n) is 6.08. The van der Waals surface area contributed by atoms with Gasteiger partial charge in [-0.1, -0.05) is 56.8 Å². The van der Waals surface area contributed by atoms with Crippen molar-refractivity contribution in [2.75, 3.05) is 0 Å². The zero-order valence-electron chi connectivity index (χ0n) is 13.5. The summed E-state index contributed by atoms with van der Waals surface area (Å²) in [6.45, 7) is 2.23. The largest absolute Gasteiger partial charge is 0.299 e. The number of hydrogen-bond acceptors (Lipinski definition) is 2. The van der Waals surface area contributed by atoms with Crippen molar-refractivity contribution in [1.29, 1.82) is 0 Å². The van der Waals surface area contributed by atoms with Gasteiger partial charge in [0.1, 0.15) is 5.78 Å². The van der Waals surface area contributed by atoms with Crippen LogP contribution in [0, 0.1) is 0 Å². The standard InChI is InChI=1S/C19H30O2/c1-2-3-4-5-6-7-8-9-10-11-12-13-17-14-18(20)16-19(21)15-17/h5-6,14H,2-4,7-13,15-16H2,1H3. The van der Waals surface area contributed by atoms with Gasteiger partial charge in [0.15, 0.2) is 5.78 Å². The summed E-state index contributed by atoms with van der Waals surface area (Å²) in [5.41, 5.74) is 1.05. The van der Waals surface area contributed by atoms with E-state index in [4.69, 9.17) is 0 Å². The number of hydrogen-bond donors (Lipinski definition) is 0. The number of carbonyl (C=O) groups is 2. The van der Waals surface area contributed by atoms with Crippen molar-refractivity contribution in [1.82, 2.24) is 0 Å². The van der Waals surface area contributed by atoms with E-state index in [0.717, 1.165) is 18.4 Å². The summed E-state index contributed by atoms with van der Waals surface area (Å²) in [5.74, 6) is 0.0865. The summed E-state index contributed by atoms with van der Waals surface area (Å²) in [5, 5.41) is 0. The first-order valence-electron chi connectivity index (χ1n) is 8.61. The Hall–Kier alpha value is -1.18. The lowest BCUT2D eigenvalue weighted by Crippen LogP contribution is -2.13. The summed E-state index contributed by atoms with van der Waals surface area (Å²) in [6, 6.07) is 0. The highest BCUT2D eigenvalue weighted by molar-refractivity contribution is 6.08. The zero-order chi connectivity index (χ0) is 15.3. The maximum Gasteiger partial charge on any atom is 0.163 e. The van der Waals surface area contributed by atoms with Gasteiger partial charge < -0.3 is 0 Å². The molecule has 0 aromatic heterocycles. The Kier molecular flexibility index (Phi) is 9.77. The van der Waals surface area contributed by atoms with Crippen molar-refractivity contribution in [3.8, 4) is 0 Å². The van der Waals surface area contributed by atoms with E-state index in [9.17, 15) is 9.59 Å². The highest BCUT2D eigenvalue weighted by Gasteiger charge is 2.16. The number of carbonyl (C=O) groups excluding carboxylic acids is 2. The normalized spacial score (nSPS) is 15.8. The van der Waals surface area contributed by atoms with Crippen LogP contribution in [0.25, 0.3) is 0 Å². The molecule has 0 aromatic carbocycles. The van der Waals surface area contributed by atoms with Crippen LogP contribution in [0.15, 0.2) is 23.8 Å². The van der Waals surface area contributed by atoms with Crippen molar-refractivity contribution < 1.29 is 9.59 Å². The van der Waals surface area contributed by atoms with Crippen LogP contribution in [-0.2, 0) is 9.59 Å². The Labute approximate surface area is 129 Å². The van der Waals surface area contributed by atoms with Gasteiger partial charge in [0, 0.05) is 6.42 Å². The SMILES string of the molecule is CCCCC=CCCCCCCCC1=CC(=O)CC(=O)C1. The predicted octanol–water partition coefficient (Wildman–Crippen LogP) is 5.32. The van der Waals surface area contributed by atoms with Crippen LogP contribution in [0.1, 0.15) is 84.0 Å². The third kappa shape index (κ3) is 9.38. The Balaban J connectivity index is 1.94. The van der Waals surface area contributed by atoms with Gasteiger partial charge >= 0.3 is 0 Å². The highest BCUT2D eigenvalue weighted by atomic mass is 16.1. The maximum atomic E-state index is 11.3. The third-order valence-corrected chi connectivity index (χ3v) is 3.92. The fraction of sp³-hybridized carbons (Fsp3) is 0.684. The molecule has 118 valence electrons. The van der Waals surface area contributed by atoms with Gasteiger partial charge in [-0.3, -0.25) is 9.59 Å². The Bertz CT molecular complexity index is 377. The van der Waals surface area contributed by atoms with Crippen LogP contribution in [0.5, 0.6) is 0 Å². The summed E-state index contributed by atoms with van der Waals surface area (Å²) < 4.78 is 0. The minimum atomic E-state index is -0.00360. The van der Waals surface area contributed by atoms with E-state index in [-0.39, 0.29) is 18.0 Å². The molecular weight excluding hydrogens is 260 g/mol. The van der Waals surface area contributed by atoms with E-state index in [0.29, 0.717) is 6.42 Å². The number of allylic oxidation sites excluding steroid dienone is 4. The van der Waals surface area contributed by atoms with E-state index in [1.807, 2.05) is 0 Å². The van der Waals surface area contributed by atoms with E-state index in [1.165, 1.54) is 51.4 Å². The molecule has 0 amide bonds. The Morgan fingerprint density at radius 2 is 1.57 bits per heavy atom.